The number of hydrogen-bond acceptors (Lipinski definition) is 6. The lowest BCUT2D eigenvalue weighted by Crippen LogP contribution is -2.33. The smallest absolute Gasteiger partial charge is 0.260 e. The van der Waals surface area contributed by atoms with Crippen LogP contribution >= 0.6 is 0 Å². The molecule has 2 aromatic carbocycles. The van der Waals surface area contributed by atoms with Crippen molar-refractivity contribution in [2.24, 2.45) is 5.73 Å². The first-order chi connectivity index (χ1) is 15.9. The van der Waals surface area contributed by atoms with Crippen molar-refractivity contribution in [3.05, 3.63) is 72.1 Å². The van der Waals surface area contributed by atoms with E-state index in [9.17, 15) is 9.59 Å². The Balaban J connectivity index is 1.56. The average Bonchev–Trinajstić information content (AvgIpc) is 3.33. The van der Waals surface area contributed by atoms with Gasteiger partial charge in [-0.1, -0.05) is 30.3 Å². The molecule has 2 heterocycles. The van der Waals surface area contributed by atoms with Crippen LogP contribution in [0, 0.1) is 0 Å². The normalized spacial score (nSPS) is 15.3. The molecule has 0 spiro atoms. The number of carbonyl (C=O) groups is 2. The van der Waals surface area contributed by atoms with E-state index in [1.165, 1.54) is 0 Å². The zero-order valence-electron chi connectivity index (χ0n) is 18.8. The second-order valence-corrected chi connectivity index (χ2v) is 8.24. The molecule has 4 rings (SSSR count). The Labute approximate surface area is 193 Å². The Bertz CT molecular complexity index is 1150. The fraction of sp³-hybridized carbons (Fsp3) is 0.280. The number of rotatable bonds is 7. The minimum Gasteiger partial charge on any atom is -0.484 e. The topological polar surface area (TPSA) is 102 Å². The van der Waals surface area contributed by atoms with E-state index in [0.29, 0.717) is 30.4 Å². The van der Waals surface area contributed by atoms with Crippen molar-refractivity contribution in [3.8, 4) is 16.9 Å². The fourth-order valence-corrected chi connectivity index (χ4v) is 3.94. The lowest BCUT2D eigenvalue weighted by molar-refractivity contribution is -0.132. The highest BCUT2D eigenvalue weighted by atomic mass is 16.5. The number of hydrogen-bond donors (Lipinski definition) is 1. The third kappa shape index (κ3) is 5.11. The number of anilines is 1. The number of ether oxygens (including phenoxy) is 1. The molecule has 1 aromatic heterocycles. The van der Waals surface area contributed by atoms with E-state index in [1.807, 2.05) is 60.3 Å². The first-order valence-corrected chi connectivity index (χ1v) is 10.8. The van der Waals surface area contributed by atoms with Crippen LogP contribution in [-0.2, 0) is 4.79 Å². The Kier molecular flexibility index (Phi) is 6.53. The summed E-state index contributed by atoms with van der Waals surface area (Å²) in [6.07, 6.45) is 2.56. The number of amides is 2. The molecule has 0 saturated carbocycles. The standard InChI is InChI=1S/C25H27N5O3/c1-29(2)25-27-14-21(17-7-6-8-18(13-17)24(26)32)23(28-25)19-11-12-30(15-19)22(31)16-33-20-9-4-3-5-10-20/h3-10,13-14,19H,11-12,15-16H2,1-2H3,(H2,26,32)/t19-/m0/s1. The van der Waals surface area contributed by atoms with Gasteiger partial charge in [0.15, 0.2) is 6.61 Å². The van der Waals surface area contributed by atoms with E-state index in [0.717, 1.165) is 23.2 Å². The summed E-state index contributed by atoms with van der Waals surface area (Å²) in [5.41, 5.74) is 8.42. The van der Waals surface area contributed by atoms with Crippen LogP contribution in [0.5, 0.6) is 5.75 Å². The van der Waals surface area contributed by atoms with Crippen LogP contribution in [0.4, 0.5) is 5.95 Å². The summed E-state index contributed by atoms with van der Waals surface area (Å²) in [6, 6.07) is 16.5. The molecular formula is C25H27N5O3. The van der Waals surface area contributed by atoms with Crippen LogP contribution in [-0.4, -0.2) is 60.5 Å². The summed E-state index contributed by atoms with van der Waals surface area (Å²) < 4.78 is 5.63. The van der Waals surface area contributed by atoms with Gasteiger partial charge < -0.3 is 20.3 Å². The number of benzene rings is 2. The largest absolute Gasteiger partial charge is 0.484 e. The fourth-order valence-electron chi connectivity index (χ4n) is 3.94. The van der Waals surface area contributed by atoms with Gasteiger partial charge in [0, 0.05) is 50.4 Å². The molecule has 3 aromatic rings. The minimum atomic E-state index is -0.486. The number of para-hydroxylation sites is 1. The van der Waals surface area contributed by atoms with Gasteiger partial charge in [0.2, 0.25) is 11.9 Å². The molecule has 8 heteroatoms. The summed E-state index contributed by atoms with van der Waals surface area (Å²) in [4.78, 5) is 37.4. The van der Waals surface area contributed by atoms with Crippen LogP contribution in [0.1, 0.15) is 28.4 Å². The van der Waals surface area contributed by atoms with E-state index in [-0.39, 0.29) is 18.4 Å². The molecule has 1 aliphatic rings. The summed E-state index contributed by atoms with van der Waals surface area (Å²) in [5.74, 6) is 0.766. The van der Waals surface area contributed by atoms with Crippen LogP contribution in [0.15, 0.2) is 60.8 Å². The van der Waals surface area contributed by atoms with Gasteiger partial charge in [-0.05, 0) is 36.2 Å². The molecule has 0 unspecified atom stereocenters. The number of nitrogens with two attached hydrogens (primary N) is 1. The molecule has 0 bridgehead atoms. The van der Waals surface area contributed by atoms with E-state index in [2.05, 4.69) is 4.98 Å². The molecule has 0 aliphatic carbocycles. The number of likely N-dealkylation sites (tertiary alicyclic amines) is 1. The van der Waals surface area contributed by atoms with Gasteiger partial charge in [-0.15, -0.1) is 0 Å². The highest BCUT2D eigenvalue weighted by Crippen LogP contribution is 2.34. The van der Waals surface area contributed by atoms with Gasteiger partial charge in [-0.2, -0.15) is 0 Å². The minimum absolute atomic E-state index is 0.00301. The van der Waals surface area contributed by atoms with Crippen molar-refractivity contribution in [3.63, 3.8) is 0 Å². The lowest BCUT2D eigenvalue weighted by atomic mass is 9.95. The van der Waals surface area contributed by atoms with Crippen LogP contribution in [0.2, 0.25) is 0 Å². The van der Waals surface area contributed by atoms with Crippen molar-refractivity contribution in [1.82, 2.24) is 14.9 Å². The third-order valence-corrected chi connectivity index (χ3v) is 5.70. The van der Waals surface area contributed by atoms with Gasteiger partial charge in [-0.3, -0.25) is 9.59 Å². The lowest BCUT2D eigenvalue weighted by Gasteiger charge is -2.20. The van der Waals surface area contributed by atoms with Gasteiger partial charge in [0.1, 0.15) is 5.75 Å². The molecule has 0 radical (unpaired) electrons. The molecule has 8 nitrogen and oxygen atoms in total. The van der Waals surface area contributed by atoms with Crippen molar-refractivity contribution in [1.29, 1.82) is 0 Å². The monoisotopic (exact) mass is 445 g/mol. The second-order valence-electron chi connectivity index (χ2n) is 8.24. The maximum Gasteiger partial charge on any atom is 0.260 e. The summed E-state index contributed by atoms with van der Waals surface area (Å²) >= 11 is 0. The van der Waals surface area contributed by atoms with Crippen molar-refractivity contribution < 1.29 is 14.3 Å². The summed E-state index contributed by atoms with van der Waals surface area (Å²) in [5, 5.41) is 0. The van der Waals surface area contributed by atoms with Gasteiger partial charge in [-0.25, -0.2) is 9.97 Å². The van der Waals surface area contributed by atoms with Crippen LogP contribution < -0.4 is 15.4 Å². The van der Waals surface area contributed by atoms with Gasteiger partial charge >= 0.3 is 0 Å². The van der Waals surface area contributed by atoms with E-state index in [1.54, 1.807) is 24.4 Å². The van der Waals surface area contributed by atoms with Gasteiger partial charge in [0.05, 0.1) is 5.69 Å². The number of primary amides is 1. The Hall–Kier alpha value is -3.94. The predicted molar refractivity (Wildman–Crippen MR) is 126 cm³/mol. The first-order valence-electron chi connectivity index (χ1n) is 10.8. The Morgan fingerprint density at radius 2 is 1.94 bits per heavy atom. The summed E-state index contributed by atoms with van der Waals surface area (Å²) in [7, 11) is 3.77. The number of carbonyl (C=O) groups excluding carboxylic acids is 2. The first kappa shape index (κ1) is 22.3. The Morgan fingerprint density at radius 3 is 2.67 bits per heavy atom. The van der Waals surface area contributed by atoms with Crippen LogP contribution in [0.25, 0.3) is 11.1 Å². The van der Waals surface area contributed by atoms with Crippen molar-refractivity contribution in [2.75, 3.05) is 38.7 Å². The third-order valence-electron chi connectivity index (χ3n) is 5.70. The van der Waals surface area contributed by atoms with Crippen LogP contribution in [0.3, 0.4) is 0 Å². The molecule has 1 saturated heterocycles. The molecule has 2 N–H and O–H groups in total. The predicted octanol–water partition coefficient (Wildman–Crippen LogP) is 2.70. The zero-order valence-corrected chi connectivity index (χ0v) is 18.8. The zero-order chi connectivity index (χ0) is 23.4. The molecule has 1 atom stereocenters. The SMILES string of the molecule is CN(C)c1ncc(-c2cccc(C(N)=O)c2)c([C@H]2CCN(C(=O)COc3ccccc3)C2)n1. The van der Waals surface area contributed by atoms with E-state index in [4.69, 9.17) is 15.5 Å². The quantitative estimate of drug-likeness (QED) is 0.600. The number of aromatic nitrogens is 2. The van der Waals surface area contributed by atoms with E-state index < -0.39 is 5.91 Å². The highest BCUT2D eigenvalue weighted by molar-refractivity contribution is 5.94. The van der Waals surface area contributed by atoms with E-state index >= 15 is 0 Å². The van der Waals surface area contributed by atoms with Crippen molar-refractivity contribution in [2.45, 2.75) is 12.3 Å². The molecule has 1 fully saturated rings. The van der Waals surface area contributed by atoms with Crippen molar-refractivity contribution >= 4 is 17.8 Å². The molecule has 33 heavy (non-hydrogen) atoms. The van der Waals surface area contributed by atoms with Gasteiger partial charge in [0.25, 0.3) is 5.91 Å². The second kappa shape index (κ2) is 9.68. The summed E-state index contributed by atoms with van der Waals surface area (Å²) in [6.45, 7) is 1.17. The maximum absolute atomic E-state index is 12.8. The molecule has 170 valence electrons. The number of nitrogens with zero attached hydrogens (tertiary/aromatic N) is 4. The molecular weight excluding hydrogens is 418 g/mol. The Morgan fingerprint density at radius 1 is 1.15 bits per heavy atom. The maximum atomic E-state index is 12.8. The average molecular weight is 446 g/mol. The molecule has 2 amide bonds. The molecule has 1 aliphatic heterocycles. The highest BCUT2D eigenvalue weighted by Gasteiger charge is 2.31.